The van der Waals surface area contributed by atoms with E-state index in [1.807, 2.05) is 97.1 Å². The van der Waals surface area contributed by atoms with Gasteiger partial charge in [-0.05, 0) is 90.0 Å². The minimum absolute atomic E-state index is 0.155. The van der Waals surface area contributed by atoms with Crippen molar-refractivity contribution in [1.29, 1.82) is 10.5 Å². The van der Waals surface area contributed by atoms with Crippen LogP contribution in [-0.2, 0) is 6.18 Å². The maximum absolute atomic E-state index is 14.8. The van der Waals surface area contributed by atoms with Gasteiger partial charge in [-0.15, -0.1) is 0 Å². The first-order valence-corrected chi connectivity index (χ1v) is 14.7. The van der Waals surface area contributed by atoms with E-state index >= 15 is 0 Å². The SMILES string of the molecule is N#Cc1cc2c(-c3ccccc3)c3c(c(-c4ccccc4)c2cc1C#N)-c1ccc(C(F)(F)F)c2c(-c4ccccc4)ccc-3c12. The Morgan fingerprint density at radius 3 is 1.28 bits per heavy atom. The predicted octanol–water partition coefficient (Wildman–Crippen LogP) is 11.4. The van der Waals surface area contributed by atoms with Crippen molar-refractivity contribution in [3.63, 3.8) is 0 Å². The Morgan fingerprint density at radius 1 is 0.435 bits per heavy atom. The van der Waals surface area contributed by atoms with E-state index in [4.69, 9.17) is 0 Å². The first-order chi connectivity index (χ1) is 22.4. The predicted molar refractivity (Wildman–Crippen MR) is 177 cm³/mol. The fraction of sp³-hybridized carbons (Fsp3) is 0.0244. The van der Waals surface area contributed by atoms with Gasteiger partial charge in [0.25, 0.3) is 0 Å². The molecule has 0 spiro atoms. The number of nitriles is 2. The summed E-state index contributed by atoms with van der Waals surface area (Å²) in [7, 11) is 0. The Labute approximate surface area is 262 Å². The molecule has 0 saturated carbocycles. The maximum atomic E-state index is 14.8. The summed E-state index contributed by atoms with van der Waals surface area (Å²) in [6.07, 6.45) is -4.59. The van der Waals surface area contributed by atoms with Gasteiger partial charge >= 0.3 is 6.18 Å². The fourth-order valence-corrected chi connectivity index (χ4v) is 7.07. The Morgan fingerprint density at radius 2 is 0.848 bits per heavy atom. The molecule has 0 bridgehead atoms. The van der Waals surface area contributed by atoms with Gasteiger partial charge in [0.2, 0.25) is 0 Å². The van der Waals surface area contributed by atoms with Crippen molar-refractivity contribution in [2.24, 2.45) is 0 Å². The number of hydrogen-bond donors (Lipinski definition) is 0. The molecule has 7 aromatic rings. The lowest BCUT2D eigenvalue weighted by atomic mass is 9.81. The molecule has 1 aliphatic carbocycles. The molecule has 0 N–H and O–H groups in total. The summed E-state index contributed by atoms with van der Waals surface area (Å²) in [4.78, 5) is 0. The monoisotopic (exact) mass is 598 g/mol. The summed E-state index contributed by atoms with van der Waals surface area (Å²) >= 11 is 0. The highest BCUT2D eigenvalue weighted by Gasteiger charge is 2.38. The molecular formula is C41H21F3N2. The fourth-order valence-electron chi connectivity index (χ4n) is 7.07. The summed E-state index contributed by atoms with van der Waals surface area (Å²) in [6, 6.07) is 43.0. The largest absolute Gasteiger partial charge is 0.417 e. The highest BCUT2D eigenvalue weighted by molar-refractivity contribution is 6.29. The van der Waals surface area contributed by atoms with E-state index in [-0.39, 0.29) is 16.5 Å². The Bertz CT molecular complexity index is 2340. The zero-order valence-corrected chi connectivity index (χ0v) is 24.2. The van der Waals surface area contributed by atoms with Gasteiger partial charge in [-0.3, -0.25) is 0 Å². The molecule has 216 valence electrons. The minimum atomic E-state index is -4.59. The van der Waals surface area contributed by atoms with Crippen LogP contribution in [0.25, 0.3) is 77.2 Å². The lowest BCUT2D eigenvalue weighted by Gasteiger charge is -2.21. The third-order valence-electron chi connectivity index (χ3n) is 8.90. The van der Waals surface area contributed by atoms with Crippen molar-refractivity contribution in [2.75, 3.05) is 0 Å². The van der Waals surface area contributed by atoms with Crippen LogP contribution < -0.4 is 0 Å². The third-order valence-corrected chi connectivity index (χ3v) is 8.90. The van der Waals surface area contributed by atoms with E-state index in [2.05, 4.69) is 12.1 Å². The zero-order chi connectivity index (χ0) is 31.6. The topological polar surface area (TPSA) is 47.6 Å². The van der Waals surface area contributed by atoms with E-state index in [1.165, 1.54) is 6.07 Å². The second-order valence-electron chi connectivity index (χ2n) is 11.3. The number of hydrogen-bond acceptors (Lipinski definition) is 2. The van der Waals surface area contributed by atoms with Gasteiger partial charge in [0, 0.05) is 5.39 Å². The summed E-state index contributed by atoms with van der Waals surface area (Å²) in [6.45, 7) is 0. The standard InChI is InChI=1S/C41H21F3N2/c42-41(43,44)34-19-18-31-37-30(17-16-29(38(34)37)24-10-4-1-5-11-24)39-35(25-12-6-2-7-13-25)32-20-27(22-45)28(23-46)21-33(32)36(40(31)39)26-14-8-3-9-15-26/h1-21H. The molecule has 1 aliphatic rings. The van der Waals surface area contributed by atoms with Crippen LogP contribution in [0.15, 0.2) is 127 Å². The Hall–Kier alpha value is -6.17. The van der Waals surface area contributed by atoms with E-state index < -0.39 is 11.7 Å². The number of fused-ring (bicyclic) bond motifs is 4. The summed E-state index contributed by atoms with van der Waals surface area (Å²) in [5, 5.41) is 22.3. The number of rotatable bonds is 3. The molecule has 0 heterocycles. The van der Waals surface area contributed by atoms with Crippen molar-refractivity contribution in [2.45, 2.75) is 6.18 Å². The first-order valence-electron chi connectivity index (χ1n) is 14.7. The molecule has 2 nitrogen and oxygen atoms in total. The Kier molecular flexibility index (Phi) is 6.07. The highest BCUT2D eigenvalue weighted by atomic mass is 19.4. The van der Waals surface area contributed by atoms with Crippen LogP contribution >= 0.6 is 0 Å². The van der Waals surface area contributed by atoms with E-state index in [0.717, 1.165) is 44.2 Å². The van der Waals surface area contributed by atoms with Gasteiger partial charge in [-0.2, -0.15) is 23.7 Å². The van der Waals surface area contributed by atoms with E-state index in [1.54, 1.807) is 24.3 Å². The average Bonchev–Trinajstić information content (AvgIpc) is 3.42. The second kappa shape index (κ2) is 10.2. The molecule has 0 saturated heterocycles. The van der Waals surface area contributed by atoms with Crippen molar-refractivity contribution in [3.05, 3.63) is 144 Å². The summed E-state index contributed by atoms with van der Waals surface area (Å²) in [5.74, 6) is 0. The van der Waals surface area contributed by atoms with Crippen LogP contribution in [0.5, 0.6) is 0 Å². The molecule has 0 radical (unpaired) electrons. The first kappa shape index (κ1) is 27.4. The molecule has 0 fully saturated rings. The molecule has 0 aromatic heterocycles. The molecular weight excluding hydrogens is 577 g/mol. The molecule has 46 heavy (non-hydrogen) atoms. The smallest absolute Gasteiger partial charge is 0.192 e. The van der Waals surface area contributed by atoms with Crippen LogP contribution in [0.2, 0.25) is 0 Å². The van der Waals surface area contributed by atoms with Gasteiger partial charge in [-0.1, -0.05) is 109 Å². The quantitative estimate of drug-likeness (QED) is 0.203. The van der Waals surface area contributed by atoms with Crippen molar-refractivity contribution < 1.29 is 13.2 Å². The zero-order valence-electron chi connectivity index (χ0n) is 24.2. The number of alkyl halides is 3. The molecule has 8 rings (SSSR count). The molecule has 0 amide bonds. The lowest BCUT2D eigenvalue weighted by molar-refractivity contribution is -0.136. The average molecular weight is 599 g/mol. The summed E-state index contributed by atoms with van der Waals surface area (Å²) < 4.78 is 44.5. The highest BCUT2D eigenvalue weighted by Crippen LogP contribution is 2.60. The van der Waals surface area contributed by atoms with Crippen LogP contribution in [0.4, 0.5) is 13.2 Å². The van der Waals surface area contributed by atoms with Crippen LogP contribution in [0, 0.1) is 22.7 Å². The van der Waals surface area contributed by atoms with Crippen LogP contribution in [-0.4, -0.2) is 0 Å². The van der Waals surface area contributed by atoms with Gasteiger partial charge in [0.15, 0.2) is 0 Å². The molecule has 0 unspecified atom stereocenters. The van der Waals surface area contributed by atoms with Crippen molar-refractivity contribution >= 4 is 21.5 Å². The Balaban J connectivity index is 1.65. The van der Waals surface area contributed by atoms with Crippen LogP contribution in [0.3, 0.4) is 0 Å². The van der Waals surface area contributed by atoms with Gasteiger partial charge in [-0.25, -0.2) is 0 Å². The minimum Gasteiger partial charge on any atom is -0.192 e. The normalized spacial score (nSPS) is 11.8. The van der Waals surface area contributed by atoms with Gasteiger partial charge in [0.1, 0.15) is 12.1 Å². The van der Waals surface area contributed by atoms with Gasteiger partial charge < -0.3 is 0 Å². The summed E-state index contributed by atoms with van der Waals surface area (Å²) in [5.41, 5.74) is 7.36. The number of halogens is 3. The molecule has 0 aliphatic heterocycles. The van der Waals surface area contributed by atoms with E-state index in [9.17, 15) is 23.7 Å². The molecule has 0 atom stereocenters. The lowest BCUT2D eigenvalue weighted by Crippen LogP contribution is -2.06. The number of nitrogens with zero attached hydrogens (tertiary/aromatic N) is 2. The van der Waals surface area contributed by atoms with Crippen molar-refractivity contribution in [1.82, 2.24) is 0 Å². The van der Waals surface area contributed by atoms with E-state index in [0.29, 0.717) is 27.6 Å². The third kappa shape index (κ3) is 3.96. The second-order valence-corrected chi connectivity index (χ2v) is 11.3. The molecule has 5 heteroatoms. The van der Waals surface area contributed by atoms with Gasteiger partial charge in [0.05, 0.1) is 16.7 Å². The van der Waals surface area contributed by atoms with Crippen LogP contribution in [0.1, 0.15) is 16.7 Å². The molecule has 7 aromatic carbocycles. The number of benzene rings is 7. The van der Waals surface area contributed by atoms with Crippen molar-refractivity contribution in [3.8, 4) is 67.8 Å². The maximum Gasteiger partial charge on any atom is 0.417 e.